The molecule has 0 saturated heterocycles. The molecule has 0 aliphatic heterocycles. The van der Waals surface area contributed by atoms with Gasteiger partial charge in [0, 0.05) is 6.08 Å². The van der Waals surface area contributed by atoms with Crippen LogP contribution < -0.4 is 0 Å². The number of carbonyl (C=O) groups is 1. The van der Waals surface area contributed by atoms with Crippen LogP contribution in [0.1, 0.15) is 19.8 Å². The summed E-state index contributed by atoms with van der Waals surface area (Å²) in [4.78, 5) is 9.79. The molecule has 0 radical (unpaired) electrons. The topological polar surface area (TPSA) is 68.8 Å². The first kappa shape index (κ1) is 11.0. The number of hydrogen-bond donors (Lipinski definition) is 1. The van der Waals surface area contributed by atoms with Crippen LogP contribution in [0.2, 0.25) is 0 Å². The SMILES string of the molecule is CCC/C=C/C(=O)O.O. The second-order valence-corrected chi connectivity index (χ2v) is 1.53. The lowest BCUT2D eigenvalue weighted by atomic mass is 10.3. The van der Waals surface area contributed by atoms with Gasteiger partial charge in [0.05, 0.1) is 0 Å². The predicted molar refractivity (Wildman–Crippen MR) is 35.3 cm³/mol. The summed E-state index contributed by atoms with van der Waals surface area (Å²) in [7, 11) is 0. The number of rotatable bonds is 3. The monoisotopic (exact) mass is 132 g/mol. The summed E-state index contributed by atoms with van der Waals surface area (Å²) < 4.78 is 0. The second-order valence-electron chi connectivity index (χ2n) is 1.53. The molecule has 0 unspecified atom stereocenters. The molecule has 0 aromatic rings. The van der Waals surface area contributed by atoms with Crippen LogP contribution in [0.15, 0.2) is 12.2 Å². The zero-order valence-corrected chi connectivity index (χ0v) is 5.42. The fraction of sp³-hybridized carbons (Fsp3) is 0.500. The molecule has 0 heterocycles. The fourth-order valence-electron chi connectivity index (χ4n) is 0.351. The standard InChI is InChI=1S/C6H10O2.H2O/c1-2-3-4-5-6(7)8;/h4-5H,2-3H2,1H3,(H,7,8);1H2/b5-4+;. The largest absolute Gasteiger partial charge is 0.478 e. The molecule has 0 aliphatic rings. The molecule has 0 amide bonds. The van der Waals surface area contributed by atoms with E-state index in [1.165, 1.54) is 6.08 Å². The first-order valence-corrected chi connectivity index (χ1v) is 2.67. The highest BCUT2D eigenvalue weighted by Crippen LogP contribution is 1.86. The Labute approximate surface area is 54.3 Å². The molecule has 0 aliphatic carbocycles. The Morgan fingerprint density at radius 3 is 2.56 bits per heavy atom. The third kappa shape index (κ3) is 11.0. The van der Waals surface area contributed by atoms with Gasteiger partial charge in [0.15, 0.2) is 0 Å². The van der Waals surface area contributed by atoms with Crippen molar-refractivity contribution in [2.24, 2.45) is 0 Å². The Morgan fingerprint density at radius 1 is 1.67 bits per heavy atom. The minimum Gasteiger partial charge on any atom is -0.478 e. The van der Waals surface area contributed by atoms with Gasteiger partial charge in [0.25, 0.3) is 0 Å². The van der Waals surface area contributed by atoms with Gasteiger partial charge in [-0.25, -0.2) is 4.79 Å². The Balaban J connectivity index is 0. The van der Waals surface area contributed by atoms with E-state index in [9.17, 15) is 4.79 Å². The fourth-order valence-corrected chi connectivity index (χ4v) is 0.351. The van der Waals surface area contributed by atoms with Gasteiger partial charge in [0.1, 0.15) is 0 Å². The van der Waals surface area contributed by atoms with Crippen molar-refractivity contribution in [1.82, 2.24) is 0 Å². The van der Waals surface area contributed by atoms with Crippen LogP contribution in [0.5, 0.6) is 0 Å². The molecule has 3 nitrogen and oxygen atoms in total. The quantitative estimate of drug-likeness (QED) is 0.571. The van der Waals surface area contributed by atoms with Gasteiger partial charge in [-0.1, -0.05) is 19.4 Å². The molecule has 0 saturated carbocycles. The molecular weight excluding hydrogens is 120 g/mol. The minimum absolute atomic E-state index is 0. The van der Waals surface area contributed by atoms with E-state index in [1.54, 1.807) is 6.08 Å². The highest BCUT2D eigenvalue weighted by atomic mass is 16.4. The van der Waals surface area contributed by atoms with Crippen molar-refractivity contribution in [1.29, 1.82) is 0 Å². The van der Waals surface area contributed by atoms with Crippen LogP contribution in [-0.2, 0) is 4.79 Å². The smallest absolute Gasteiger partial charge is 0.327 e. The van der Waals surface area contributed by atoms with E-state index < -0.39 is 5.97 Å². The van der Waals surface area contributed by atoms with Gasteiger partial charge in [-0.3, -0.25) is 0 Å². The predicted octanol–water partition coefficient (Wildman–Crippen LogP) is 0.603. The number of allylic oxidation sites excluding steroid dienone is 1. The molecular formula is C6H12O3. The molecule has 0 bridgehead atoms. The van der Waals surface area contributed by atoms with Gasteiger partial charge in [-0.05, 0) is 6.42 Å². The molecule has 3 N–H and O–H groups in total. The zero-order chi connectivity index (χ0) is 6.41. The summed E-state index contributed by atoms with van der Waals surface area (Å²) >= 11 is 0. The van der Waals surface area contributed by atoms with E-state index in [4.69, 9.17) is 5.11 Å². The summed E-state index contributed by atoms with van der Waals surface area (Å²) in [5.74, 6) is -0.863. The van der Waals surface area contributed by atoms with E-state index in [0.717, 1.165) is 12.8 Å². The van der Waals surface area contributed by atoms with Crippen LogP contribution in [-0.4, -0.2) is 16.6 Å². The molecule has 0 atom stereocenters. The first-order chi connectivity index (χ1) is 3.77. The molecule has 3 heteroatoms. The van der Waals surface area contributed by atoms with Crippen LogP contribution in [0.3, 0.4) is 0 Å². The number of carboxylic acid groups (broad SMARTS) is 1. The second kappa shape index (κ2) is 7.17. The van der Waals surface area contributed by atoms with Gasteiger partial charge >= 0.3 is 5.97 Å². The van der Waals surface area contributed by atoms with Crippen molar-refractivity contribution in [3.63, 3.8) is 0 Å². The molecule has 9 heavy (non-hydrogen) atoms. The lowest BCUT2D eigenvalue weighted by molar-refractivity contribution is -0.131. The van der Waals surface area contributed by atoms with Gasteiger partial charge in [-0.2, -0.15) is 0 Å². The summed E-state index contributed by atoms with van der Waals surface area (Å²) in [5, 5.41) is 8.05. The molecule has 0 rings (SSSR count). The molecule has 0 aromatic heterocycles. The van der Waals surface area contributed by atoms with E-state index in [-0.39, 0.29) is 5.48 Å². The van der Waals surface area contributed by atoms with Crippen LogP contribution in [0.25, 0.3) is 0 Å². The maximum atomic E-state index is 9.79. The average molecular weight is 132 g/mol. The van der Waals surface area contributed by atoms with Gasteiger partial charge in [0.2, 0.25) is 0 Å². The van der Waals surface area contributed by atoms with Crippen molar-refractivity contribution in [3.05, 3.63) is 12.2 Å². The normalized spacial score (nSPS) is 9.00. The van der Waals surface area contributed by atoms with Crippen molar-refractivity contribution in [2.75, 3.05) is 0 Å². The maximum absolute atomic E-state index is 9.79. The Morgan fingerprint density at radius 2 is 2.22 bits per heavy atom. The van der Waals surface area contributed by atoms with Gasteiger partial charge in [-0.15, -0.1) is 0 Å². The molecule has 0 spiro atoms. The van der Waals surface area contributed by atoms with E-state index in [1.807, 2.05) is 6.92 Å². The van der Waals surface area contributed by atoms with Crippen molar-refractivity contribution < 1.29 is 15.4 Å². The minimum atomic E-state index is -0.863. The third-order valence-electron chi connectivity index (χ3n) is 0.716. The molecule has 0 fully saturated rings. The lowest BCUT2D eigenvalue weighted by Crippen LogP contribution is -1.84. The highest BCUT2D eigenvalue weighted by Gasteiger charge is 1.81. The Kier molecular flexibility index (Phi) is 8.79. The third-order valence-corrected chi connectivity index (χ3v) is 0.716. The summed E-state index contributed by atoms with van der Waals surface area (Å²) in [5.41, 5.74) is 0. The first-order valence-electron chi connectivity index (χ1n) is 2.67. The average Bonchev–Trinajstić information content (AvgIpc) is 1.66. The van der Waals surface area contributed by atoms with Crippen molar-refractivity contribution >= 4 is 5.97 Å². The summed E-state index contributed by atoms with van der Waals surface area (Å²) in [6, 6.07) is 0. The van der Waals surface area contributed by atoms with Crippen molar-refractivity contribution in [2.45, 2.75) is 19.8 Å². The summed E-state index contributed by atoms with van der Waals surface area (Å²) in [6.45, 7) is 2.01. The number of unbranched alkanes of at least 4 members (excludes halogenated alkanes) is 1. The number of aliphatic carboxylic acids is 1. The van der Waals surface area contributed by atoms with Crippen LogP contribution in [0, 0.1) is 0 Å². The highest BCUT2D eigenvalue weighted by molar-refractivity contribution is 5.79. The molecule has 54 valence electrons. The van der Waals surface area contributed by atoms with E-state index in [2.05, 4.69) is 0 Å². The zero-order valence-electron chi connectivity index (χ0n) is 5.42. The Hall–Kier alpha value is -0.830. The number of carboxylic acids is 1. The van der Waals surface area contributed by atoms with Crippen LogP contribution >= 0.6 is 0 Å². The Bertz CT molecular complexity index is 96.5. The summed E-state index contributed by atoms with van der Waals surface area (Å²) in [6.07, 6.45) is 4.68. The van der Waals surface area contributed by atoms with Crippen LogP contribution in [0.4, 0.5) is 0 Å². The van der Waals surface area contributed by atoms with E-state index in [0.29, 0.717) is 0 Å². The van der Waals surface area contributed by atoms with Gasteiger partial charge < -0.3 is 10.6 Å². The van der Waals surface area contributed by atoms with Crippen molar-refractivity contribution in [3.8, 4) is 0 Å². The van der Waals surface area contributed by atoms with E-state index >= 15 is 0 Å². The lowest BCUT2D eigenvalue weighted by Gasteiger charge is -1.79. The number of hydrogen-bond acceptors (Lipinski definition) is 1. The maximum Gasteiger partial charge on any atom is 0.327 e. The molecule has 0 aromatic carbocycles.